The third-order valence-corrected chi connectivity index (χ3v) is 5.40. The van der Waals surface area contributed by atoms with Crippen LogP contribution in [0.15, 0.2) is 23.4 Å². The fourth-order valence-corrected chi connectivity index (χ4v) is 3.66. The number of H-pyrrole nitrogens is 1. The van der Waals surface area contributed by atoms with Crippen LogP contribution in [0.25, 0.3) is 11.0 Å². The first-order chi connectivity index (χ1) is 8.50. The average Bonchev–Trinajstić information content (AvgIpc) is 2.70. The lowest BCUT2D eigenvalue weighted by molar-refractivity contribution is 0.599. The van der Waals surface area contributed by atoms with E-state index in [1.165, 1.54) is 11.8 Å². The summed E-state index contributed by atoms with van der Waals surface area (Å²) in [5, 5.41) is 0.724. The molecule has 5 nitrogen and oxygen atoms in total. The summed E-state index contributed by atoms with van der Waals surface area (Å²) < 4.78 is 22.7. The zero-order chi connectivity index (χ0) is 13.2. The molecule has 98 valence electrons. The van der Waals surface area contributed by atoms with Gasteiger partial charge in [-0.15, -0.1) is 0 Å². The van der Waals surface area contributed by atoms with Gasteiger partial charge in [0, 0.05) is 17.2 Å². The van der Waals surface area contributed by atoms with Crippen molar-refractivity contribution in [2.45, 2.75) is 12.1 Å². The Bertz CT molecular complexity index is 649. The topological polar surface area (TPSA) is 88.8 Å². The van der Waals surface area contributed by atoms with Gasteiger partial charge in [-0.1, -0.05) is 18.7 Å². The van der Waals surface area contributed by atoms with E-state index in [0.717, 1.165) is 16.2 Å². The highest BCUT2D eigenvalue weighted by atomic mass is 32.2. The van der Waals surface area contributed by atoms with Crippen molar-refractivity contribution in [3.05, 3.63) is 18.2 Å². The Kier molecular flexibility index (Phi) is 3.82. The Hall–Kier alpha value is -1.21. The van der Waals surface area contributed by atoms with Gasteiger partial charge in [-0.25, -0.2) is 13.4 Å². The smallest absolute Gasteiger partial charge is 0.166 e. The maximum atomic E-state index is 11.3. The lowest BCUT2D eigenvalue weighted by atomic mass is 10.3. The predicted octanol–water partition coefficient (Wildman–Crippen LogP) is 1.67. The summed E-state index contributed by atoms with van der Waals surface area (Å²) in [6.07, 6.45) is 0. The van der Waals surface area contributed by atoms with Crippen LogP contribution in [0.5, 0.6) is 0 Å². The van der Waals surface area contributed by atoms with Crippen molar-refractivity contribution >= 4 is 38.3 Å². The normalized spacial score (nSPS) is 12.1. The van der Waals surface area contributed by atoms with E-state index in [1.54, 1.807) is 13.0 Å². The van der Waals surface area contributed by atoms with Gasteiger partial charge in [0.15, 0.2) is 15.0 Å². The summed E-state index contributed by atoms with van der Waals surface area (Å²) in [6, 6.07) is 5.45. The Morgan fingerprint density at radius 1 is 1.44 bits per heavy atom. The summed E-state index contributed by atoms with van der Waals surface area (Å²) in [4.78, 5) is 7.47. The zero-order valence-corrected chi connectivity index (χ0v) is 11.6. The van der Waals surface area contributed by atoms with Gasteiger partial charge in [0.1, 0.15) is 0 Å². The molecule has 7 heteroatoms. The molecule has 0 unspecified atom stereocenters. The molecule has 0 saturated carbocycles. The van der Waals surface area contributed by atoms with Crippen LogP contribution in [-0.4, -0.2) is 35.6 Å². The van der Waals surface area contributed by atoms with Gasteiger partial charge in [0.25, 0.3) is 0 Å². The van der Waals surface area contributed by atoms with Gasteiger partial charge >= 0.3 is 0 Å². The van der Waals surface area contributed by atoms with E-state index in [9.17, 15) is 8.42 Å². The molecule has 0 aliphatic rings. The highest BCUT2D eigenvalue weighted by molar-refractivity contribution is 8.00. The summed E-state index contributed by atoms with van der Waals surface area (Å²) in [6.45, 7) is 1.66. The predicted molar refractivity (Wildman–Crippen MR) is 75.6 cm³/mol. The van der Waals surface area contributed by atoms with Crippen LogP contribution in [0.4, 0.5) is 5.69 Å². The largest absolute Gasteiger partial charge is 0.399 e. The van der Waals surface area contributed by atoms with Crippen molar-refractivity contribution in [3.8, 4) is 0 Å². The van der Waals surface area contributed by atoms with Crippen LogP contribution < -0.4 is 5.73 Å². The summed E-state index contributed by atoms with van der Waals surface area (Å²) in [7, 11) is -2.91. The van der Waals surface area contributed by atoms with Crippen molar-refractivity contribution in [3.63, 3.8) is 0 Å². The standard InChI is InChI=1S/C11H15N3O2S2/c1-2-18(15,16)6-5-17-11-13-9-4-3-8(12)7-10(9)14-11/h3-4,7H,2,5-6,12H2,1H3,(H,13,14). The minimum absolute atomic E-state index is 0.174. The van der Waals surface area contributed by atoms with E-state index in [0.29, 0.717) is 11.4 Å². The van der Waals surface area contributed by atoms with Crippen LogP contribution in [0.2, 0.25) is 0 Å². The molecule has 0 aliphatic carbocycles. The Labute approximate surface area is 110 Å². The molecule has 0 fully saturated rings. The van der Waals surface area contributed by atoms with Crippen LogP contribution in [0, 0.1) is 0 Å². The van der Waals surface area contributed by atoms with Crippen molar-refractivity contribution < 1.29 is 8.42 Å². The van der Waals surface area contributed by atoms with Gasteiger partial charge in [0.2, 0.25) is 0 Å². The van der Waals surface area contributed by atoms with E-state index in [1.807, 2.05) is 12.1 Å². The van der Waals surface area contributed by atoms with Crippen LogP contribution in [-0.2, 0) is 9.84 Å². The summed E-state index contributed by atoms with van der Waals surface area (Å²) in [5.74, 6) is 0.864. The lowest BCUT2D eigenvalue weighted by Crippen LogP contribution is -2.10. The molecular weight excluding hydrogens is 270 g/mol. The Morgan fingerprint density at radius 3 is 2.94 bits per heavy atom. The Morgan fingerprint density at radius 2 is 2.22 bits per heavy atom. The SMILES string of the molecule is CCS(=O)(=O)CCSc1nc2ccc(N)cc2[nH]1. The van der Waals surface area contributed by atoms with E-state index in [4.69, 9.17) is 5.73 Å². The van der Waals surface area contributed by atoms with E-state index in [2.05, 4.69) is 9.97 Å². The number of imidazole rings is 1. The van der Waals surface area contributed by atoms with Crippen molar-refractivity contribution in [1.82, 2.24) is 9.97 Å². The van der Waals surface area contributed by atoms with Crippen molar-refractivity contribution in [1.29, 1.82) is 0 Å². The lowest BCUT2D eigenvalue weighted by Gasteiger charge is -1.98. The number of fused-ring (bicyclic) bond motifs is 1. The first-order valence-corrected chi connectivity index (χ1v) is 8.39. The number of nitrogen functional groups attached to an aromatic ring is 1. The summed E-state index contributed by atoms with van der Waals surface area (Å²) in [5.41, 5.74) is 8.06. The number of nitrogens with zero attached hydrogens (tertiary/aromatic N) is 1. The molecule has 1 aromatic carbocycles. The van der Waals surface area contributed by atoms with Gasteiger partial charge in [0.05, 0.1) is 16.8 Å². The van der Waals surface area contributed by atoms with Gasteiger partial charge in [-0.2, -0.15) is 0 Å². The van der Waals surface area contributed by atoms with Crippen molar-refractivity contribution in [2.24, 2.45) is 0 Å². The highest BCUT2D eigenvalue weighted by Gasteiger charge is 2.09. The number of aromatic amines is 1. The number of hydrogen-bond donors (Lipinski definition) is 2. The zero-order valence-electron chi connectivity index (χ0n) is 10.0. The molecule has 0 aliphatic heterocycles. The quantitative estimate of drug-likeness (QED) is 0.644. The van der Waals surface area contributed by atoms with E-state index in [-0.39, 0.29) is 11.5 Å². The fourth-order valence-electron chi connectivity index (χ4n) is 1.48. The molecule has 0 radical (unpaired) electrons. The number of anilines is 1. The van der Waals surface area contributed by atoms with Crippen LogP contribution in [0.3, 0.4) is 0 Å². The van der Waals surface area contributed by atoms with Crippen molar-refractivity contribution in [2.75, 3.05) is 23.0 Å². The first kappa shape index (κ1) is 13.2. The van der Waals surface area contributed by atoms with Crippen LogP contribution >= 0.6 is 11.8 Å². The second-order valence-corrected chi connectivity index (χ2v) is 7.46. The van der Waals surface area contributed by atoms with E-state index >= 15 is 0 Å². The monoisotopic (exact) mass is 285 g/mol. The maximum Gasteiger partial charge on any atom is 0.166 e. The van der Waals surface area contributed by atoms with E-state index < -0.39 is 9.84 Å². The number of benzene rings is 1. The Balaban J connectivity index is 2.04. The number of nitrogens with one attached hydrogen (secondary N) is 1. The van der Waals surface area contributed by atoms with Gasteiger partial charge in [-0.3, -0.25) is 0 Å². The fraction of sp³-hybridized carbons (Fsp3) is 0.364. The third-order valence-electron chi connectivity index (χ3n) is 2.56. The molecule has 1 heterocycles. The molecule has 1 aromatic heterocycles. The molecule has 0 atom stereocenters. The average molecular weight is 285 g/mol. The summed E-state index contributed by atoms with van der Waals surface area (Å²) >= 11 is 1.41. The van der Waals surface area contributed by atoms with Gasteiger partial charge < -0.3 is 10.7 Å². The second kappa shape index (κ2) is 5.19. The number of nitrogens with two attached hydrogens (primary N) is 1. The molecule has 2 rings (SSSR count). The highest BCUT2D eigenvalue weighted by Crippen LogP contribution is 2.21. The second-order valence-electron chi connectivity index (χ2n) is 3.90. The maximum absolute atomic E-state index is 11.3. The molecule has 3 N–H and O–H groups in total. The molecule has 0 spiro atoms. The third kappa shape index (κ3) is 3.17. The number of sulfone groups is 1. The molecule has 18 heavy (non-hydrogen) atoms. The number of aromatic nitrogens is 2. The number of rotatable bonds is 5. The molecule has 2 aromatic rings. The molecule has 0 bridgehead atoms. The van der Waals surface area contributed by atoms with Crippen LogP contribution in [0.1, 0.15) is 6.92 Å². The number of thioether (sulfide) groups is 1. The molecule has 0 saturated heterocycles. The van der Waals surface area contributed by atoms with Gasteiger partial charge in [-0.05, 0) is 18.2 Å². The minimum Gasteiger partial charge on any atom is -0.399 e. The molecular formula is C11H15N3O2S2. The number of hydrogen-bond acceptors (Lipinski definition) is 5. The molecule has 0 amide bonds. The first-order valence-electron chi connectivity index (χ1n) is 5.58. The minimum atomic E-state index is -2.91.